The molecule has 0 saturated heterocycles. The van der Waals surface area contributed by atoms with Gasteiger partial charge in [0.15, 0.2) is 5.69 Å². The zero-order valence-electron chi connectivity index (χ0n) is 10.7. The van der Waals surface area contributed by atoms with Crippen LogP contribution in [0.5, 0.6) is 0 Å². The summed E-state index contributed by atoms with van der Waals surface area (Å²) in [7, 11) is 0. The number of hydrogen-bond donors (Lipinski definition) is 3. The number of rotatable bonds is 5. The highest BCUT2D eigenvalue weighted by Crippen LogP contribution is 2.11. The topological polar surface area (TPSA) is 136 Å². The Morgan fingerprint density at radius 2 is 2.19 bits per heavy atom. The predicted molar refractivity (Wildman–Crippen MR) is 75.4 cm³/mol. The van der Waals surface area contributed by atoms with Gasteiger partial charge >= 0.3 is 5.97 Å². The fourth-order valence-electron chi connectivity index (χ4n) is 1.60. The number of nitrogens with two attached hydrogens (primary N) is 1. The van der Waals surface area contributed by atoms with Crippen LogP contribution in [0.3, 0.4) is 0 Å². The number of aromatic nitrogens is 4. The minimum atomic E-state index is -1.24. The van der Waals surface area contributed by atoms with Crippen LogP contribution >= 0.6 is 15.9 Å². The molecule has 9 nitrogen and oxygen atoms in total. The molecule has 21 heavy (non-hydrogen) atoms. The lowest BCUT2D eigenvalue weighted by atomic mass is 10.3. The van der Waals surface area contributed by atoms with Crippen LogP contribution in [0.1, 0.15) is 16.2 Å². The van der Waals surface area contributed by atoms with Gasteiger partial charge in [0.05, 0.1) is 5.69 Å². The van der Waals surface area contributed by atoms with Gasteiger partial charge in [-0.3, -0.25) is 4.79 Å². The van der Waals surface area contributed by atoms with Crippen LogP contribution in [0.4, 0.5) is 5.82 Å². The van der Waals surface area contributed by atoms with Gasteiger partial charge in [0.2, 0.25) is 5.91 Å². The quantitative estimate of drug-likeness (QED) is 0.698. The molecule has 2 aromatic rings. The van der Waals surface area contributed by atoms with Gasteiger partial charge in [-0.2, -0.15) is 0 Å². The number of carbonyl (C=O) groups is 2. The van der Waals surface area contributed by atoms with E-state index in [4.69, 9.17) is 10.8 Å². The third-order valence-corrected chi connectivity index (χ3v) is 2.99. The van der Waals surface area contributed by atoms with E-state index in [1.165, 1.54) is 0 Å². The van der Waals surface area contributed by atoms with E-state index in [0.717, 1.165) is 9.15 Å². The molecule has 0 unspecified atom stereocenters. The molecule has 0 spiro atoms. The van der Waals surface area contributed by atoms with Gasteiger partial charge < -0.3 is 16.2 Å². The Labute approximate surface area is 127 Å². The van der Waals surface area contributed by atoms with Gasteiger partial charge in [0.25, 0.3) is 0 Å². The van der Waals surface area contributed by atoms with E-state index in [0.29, 0.717) is 5.82 Å². The minimum absolute atomic E-state index is 0.0849. The van der Waals surface area contributed by atoms with Crippen LogP contribution in [0, 0.1) is 0 Å². The van der Waals surface area contributed by atoms with Crippen LogP contribution in [-0.2, 0) is 17.9 Å². The highest BCUT2D eigenvalue weighted by molar-refractivity contribution is 9.10. The van der Waals surface area contributed by atoms with Crippen molar-refractivity contribution in [1.82, 2.24) is 20.0 Å². The van der Waals surface area contributed by atoms with Crippen molar-refractivity contribution in [3.05, 3.63) is 34.2 Å². The summed E-state index contributed by atoms with van der Waals surface area (Å²) in [5.74, 6) is -1.28. The van der Waals surface area contributed by atoms with Crippen molar-refractivity contribution in [2.75, 3.05) is 5.32 Å². The fourth-order valence-corrected chi connectivity index (χ4v) is 1.83. The molecule has 2 aromatic heterocycles. The first-order valence-electron chi connectivity index (χ1n) is 5.78. The first-order chi connectivity index (χ1) is 10.0. The Morgan fingerprint density at radius 1 is 1.43 bits per heavy atom. The maximum atomic E-state index is 11.9. The standard InChI is InChI=1S/C11H11BrN6O3/c12-6-1-2-8(14-4-6)15-9(19)5-18-7(3-13)10(11(20)21)16-17-18/h1-2,4H,3,5,13H2,(H,20,21)(H,14,15,19). The van der Waals surface area contributed by atoms with E-state index in [1.807, 2.05) is 0 Å². The smallest absolute Gasteiger partial charge is 0.358 e. The van der Waals surface area contributed by atoms with E-state index in [9.17, 15) is 9.59 Å². The second-order valence-corrected chi connectivity index (χ2v) is 4.88. The molecule has 4 N–H and O–H groups in total. The van der Waals surface area contributed by atoms with Gasteiger partial charge in [-0.05, 0) is 28.1 Å². The van der Waals surface area contributed by atoms with Crippen molar-refractivity contribution < 1.29 is 14.7 Å². The molecule has 0 bridgehead atoms. The number of amides is 1. The fraction of sp³-hybridized carbons (Fsp3) is 0.182. The Morgan fingerprint density at radius 3 is 2.76 bits per heavy atom. The summed E-state index contributed by atoms with van der Waals surface area (Å²) in [4.78, 5) is 26.8. The van der Waals surface area contributed by atoms with Crippen LogP contribution in [0.25, 0.3) is 0 Å². The molecule has 2 heterocycles. The number of aromatic carboxylic acids is 1. The highest BCUT2D eigenvalue weighted by atomic mass is 79.9. The van der Waals surface area contributed by atoms with Gasteiger partial charge in [0, 0.05) is 17.2 Å². The maximum Gasteiger partial charge on any atom is 0.358 e. The monoisotopic (exact) mass is 354 g/mol. The van der Waals surface area contributed by atoms with Gasteiger partial charge in [-0.15, -0.1) is 5.10 Å². The largest absolute Gasteiger partial charge is 0.476 e. The number of anilines is 1. The Hall–Kier alpha value is -2.33. The Kier molecular flexibility index (Phi) is 4.60. The van der Waals surface area contributed by atoms with Crippen LogP contribution in [0.2, 0.25) is 0 Å². The second-order valence-electron chi connectivity index (χ2n) is 3.96. The molecule has 10 heteroatoms. The van der Waals surface area contributed by atoms with Gasteiger partial charge in [0.1, 0.15) is 12.4 Å². The number of carboxylic acid groups (broad SMARTS) is 1. The Bertz CT molecular complexity index is 669. The van der Waals surface area contributed by atoms with E-state index >= 15 is 0 Å². The summed E-state index contributed by atoms with van der Waals surface area (Å²) in [6.07, 6.45) is 1.54. The summed E-state index contributed by atoms with van der Waals surface area (Å²) < 4.78 is 1.94. The van der Waals surface area contributed by atoms with Crippen molar-refractivity contribution in [2.45, 2.75) is 13.1 Å². The average molecular weight is 355 g/mol. The third-order valence-electron chi connectivity index (χ3n) is 2.52. The molecular formula is C11H11BrN6O3. The molecule has 0 saturated carbocycles. The lowest BCUT2D eigenvalue weighted by molar-refractivity contribution is -0.117. The molecule has 0 atom stereocenters. The predicted octanol–water partition coefficient (Wildman–Crippen LogP) is 0.231. The molecule has 0 fully saturated rings. The van der Waals surface area contributed by atoms with Crippen molar-refractivity contribution in [3.63, 3.8) is 0 Å². The molecule has 0 aromatic carbocycles. The first-order valence-corrected chi connectivity index (χ1v) is 6.57. The van der Waals surface area contributed by atoms with Crippen molar-refractivity contribution in [1.29, 1.82) is 0 Å². The molecule has 0 radical (unpaired) electrons. The lowest BCUT2D eigenvalue weighted by Crippen LogP contribution is -2.22. The van der Waals surface area contributed by atoms with Crippen LogP contribution < -0.4 is 11.1 Å². The molecule has 0 aliphatic rings. The lowest BCUT2D eigenvalue weighted by Gasteiger charge is -2.06. The van der Waals surface area contributed by atoms with Crippen LogP contribution in [0.15, 0.2) is 22.8 Å². The first kappa shape index (κ1) is 15.1. The zero-order chi connectivity index (χ0) is 15.4. The molecule has 2 rings (SSSR count). The molecule has 1 amide bonds. The molecule has 0 aliphatic carbocycles. The minimum Gasteiger partial charge on any atom is -0.476 e. The number of pyridine rings is 1. The highest BCUT2D eigenvalue weighted by Gasteiger charge is 2.19. The maximum absolute atomic E-state index is 11.9. The third kappa shape index (κ3) is 3.61. The van der Waals surface area contributed by atoms with Gasteiger partial charge in [-0.25, -0.2) is 14.5 Å². The summed E-state index contributed by atoms with van der Waals surface area (Å²) in [6, 6.07) is 3.35. The van der Waals surface area contributed by atoms with E-state index < -0.39 is 11.9 Å². The molecular weight excluding hydrogens is 344 g/mol. The zero-order valence-corrected chi connectivity index (χ0v) is 12.2. The number of nitrogens with zero attached hydrogens (tertiary/aromatic N) is 4. The van der Waals surface area contributed by atoms with Crippen LogP contribution in [-0.4, -0.2) is 37.0 Å². The number of halogens is 1. The average Bonchev–Trinajstić information content (AvgIpc) is 2.84. The summed E-state index contributed by atoms with van der Waals surface area (Å²) in [5, 5.41) is 18.6. The normalized spacial score (nSPS) is 10.4. The van der Waals surface area contributed by atoms with E-state index in [-0.39, 0.29) is 24.5 Å². The number of carboxylic acids is 1. The van der Waals surface area contributed by atoms with Crippen molar-refractivity contribution >= 4 is 33.6 Å². The number of carbonyl (C=O) groups excluding carboxylic acids is 1. The summed E-state index contributed by atoms with van der Waals surface area (Å²) >= 11 is 3.23. The van der Waals surface area contributed by atoms with E-state index in [2.05, 4.69) is 36.5 Å². The second kappa shape index (κ2) is 6.41. The van der Waals surface area contributed by atoms with Gasteiger partial charge in [-0.1, -0.05) is 5.21 Å². The van der Waals surface area contributed by atoms with Crippen molar-refractivity contribution in [3.8, 4) is 0 Å². The molecule has 110 valence electrons. The van der Waals surface area contributed by atoms with Crippen molar-refractivity contribution in [2.24, 2.45) is 5.73 Å². The number of hydrogen-bond acceptors (Lipinski definition) is 6. The van der Waals surface area contributed by atoms with E-state index in [1.54, 1.807) is 18.3 Å². The molecule has 0 aliphatic heterocycles. The number of nitrogens with one attached hydrogen (secondary N) is 1. The summed E-state index contributed by atoms with van der Waals surface area (Å²) in [5.41, 5.74) is 5.39. The Balaban J connectivity index is 2.09. The summed E-state index contributed by atoms with van der Waals surface area (Å²) in [6.45, 7) is -0.289. The SMILES string of the molecule is NCc1c(C(=O)O)nnn1CC(=O)Nc1ccc(Br)cn1.